The van der Waals surface area contributed by atoms with Gasteiger partial charge in [-0.25, -0.2) is 9.78 Å². The number of aryl methyl sites for hydroxylation is 1. The van der Waals surface area contributed by atoms with Crippen LogP contribution in [0.15, 0.2) is 18.2 Å². The van der Waals surface area contributed by atoms with Gasteiger partial charge in [0.15, 0.2) is 0 Å². The molecule has 5 atom stereocenters. The molecule has 0 radical (unpaired) electrons. The summed E-state index contributed by atoms with van der Waals surface area (Å²) >= 11 is 0. The van der Waals surface area contributed by atoms with Crippen LogP contribution in [0.3, 0.4) is 0 Å². The Labute approximate surface area is 277 Å². The quantitative estimate of drug-likeness (QED) is 0.371. The van der Waals surface area contributed by atoms with Crippen LogP contribution < -0.4 is 25.8 Å². The number of amides is 3. The molecular formula is C36H51N5O6. The smallest absolute Gasteiger partial charge is 0.408 e. The van der Waals surface area contributed by atoms with E-state index in [4.69, 9.17) is 24.9 Å². The highest BCUT2D eigenvalue weighted by atomic mass is 16.6. The lowest BCUT2D eigenvalue weighted by molar-refractivity contribution is -0.141. The molecule has 3 fully saturated rings. The van der Waals surface area contributed by atoms with Crippen LogP contribution >= 0.6 is 0 Å². The lowest BCUT2D eigenvalue weighted by Crippen LogP contribution is -2.57. The number of nitrogens with zero attached hydrogens (tertiary/aromatic N) is 2. The van der Waals surface area contributed by atoms with E-state index in [1.165, 1.54) is 17.7 Å². The van der Waals surface area contributed by atoms with Crippen molar-refractivity contribution < 1.29 is 28.6 Å². The van der Waals surface area contributed by atoms with E-state index < -0.39 is 35.6 Å². The molecule has 3 amide bonds. The van der Waals surface area contributed by atoms with Crippen LogP contribution in [0.25, 0.3) is 10.9 Å². The minimum atomic E-state index is -0.918. The summed E-state index contributed by atoms with van der Waals surface area (Å²) in [7, 11) is 0. The van der Waals surface area contributed by atoms with Gasteiger partial charge in [0.2, 0.25) is 17.7 Å². The van der Waals surface area contributed by atoms with E-state index in [1.54, 1.807) is 0 Å². The molecule has 47 heavy (non-hydrogen) atoms. The number of primary amides is 1. The van der Waals surface area contributed by atoms with Crippen LogP contribution in [-0.2, 0) is 20.7 Å². The summed E-state index contributed by atoms with van der Waals surface area (Å²) in [5, 5.41) is 7.33. The van der Waals surface area contributed by atoms with Gasteiger partial charge in [-0.1, -0.05) is 39.7 Å². The maximum Gasteiger partial charge on any atom is 0.408 e. The number of aromatic nitrogens is 1. The van der Waals surface area contributed by atoms with Gasteiger partial charge in [-0.05, 0) is 87.4 Å². The van der Waals surface area contributed by atoms with Gasteiger partial charge in [-0.2, -0.15) is 0 Å². The van der Waals surface area contributed by atoms with Crippen molar-refractivity contribution in [2.24, 2.45) is 17.1 Å². The SMILES string of the molecule is Cc1ccc2c(OCCCNC3CC3)c3c(nc2c1)O[C@@H]1C[C@@H](C(N)=O)N(C1)C(=O)[C@H](C(C)(C)C)NC(=O)O[C@@H]1CC1CCCCC3. The molecule has 2 aromatic rings. The first-order valence-corrected chi connectivity index (χ1v) is 17.5. The van der Waals surface area contributed by atoms with Gasteiger partial charge >= 0.3 is 6.09 Å². The van der Waals surface area contributed by atoms with Crippen molar-refractivity contribution in [3.8, 4) is 11.6 Å². The molecule has 1 unspecified atom stereocenters. The molecule has 6 rings (SSSR count). The molecular weight excluding hydrogens is 598 g/mol. The van der Waals surface area contributed by atoms with E-state index in [1.807, 2.05) is 33.8 Å². The number of nitrogens with one attached hydrogen (secondary N) is 2. The van der Waals surface area contributed by atoms with Gasteiger partial charge < -0.3 is 35.5 Å². The predicted molar refractivity (Wildman–Crippen MR) is 178 cm³/mol. The Balaban J connectivity index is 1.33. The molecule has 3 heterocycles. The number of alkyl carbamates (subject to hydrolysis) is 1. The Bertz CT molecular complexity index is 1490. The van der Waals surface area contributed by atoms with Crippen molar-refractivity contribution in [3.63, 3.8) is 0 Å². The summed E-state index contributed by atoms with van der Waals surface area (Å²) in [6, 6.07) is 5.04. The summed E-state index contributed by atoms with van der Waals surface area (Å²) in [6.45, 7) is 9.28. The van der Waals surface area contributed by atoms with Crippen molar-refractivity contribution >= 4 is 28.8 Å². The van der Waals surface area contributed by atoms with Gasteiger partial charge in [0.05, 0.1) is 24.2 Å². The zero-order chi connectivity index (χ0) is 33.3. The monoisotopic (exact) mass is 649 g/mol. The third kappa shape index (κ3) is 8.11. The first-order valence-electron chi connectivity index (χ1n) is 17.5. The number of nitrogens with two attached hydrogens (primary N) is 1. The second-order valence-corrected chi connectivity index (χ2v) is 15.0. The number of fused-ring (bicyclic) bond motifs is 5. The zero-order valence-corrected chi connectivity index (χ0v) is 28.3. The van der Waals surface area contributed by atoms with Gasteiger partial charge in [0, 0.05) is 17.8 Å². The van der Waals surface area contributed by atoms with Crippen molar-refractivity contribution in [2.75, 3.05) is 19.7 Å². The van der Waals surface area contributed by atoms with E-state index in [9.17, 15) is 14.4 Å². The number of hydrogen-bond donors (Lipinski definition) is 3. The molecule has 11 heteroatoms. The third-order valence-corrected chi connectivity index (χ3v) is 9.88. The fraction of sp³-hybridized carbons (Fsp3) is 0.667. The lowest BCUT2D eigenvalue weighted by atomic mass is 9.85. The van der Waals surface area contributed by atoms with Gasteiger partial charge in [0.25, 0.3) is 0 Å². The Hall–Kier alpha value is -3.60. The average Bonchev–Trinajstić information content (AvgIpc) is 3.93. The van der Waals surface area contributed by atoms with Crippen molar-refractivity contribution in [1.82, 2.24) is 20.5 Å². The lowest BCUT2D eigenvalue weighted by Gasteiger charge is -2.34. The van der Waals surface area contributed by atoms with Crippen LogP contribution in [0.2, 0.25) is 0 Å². The Kier molecular flexibility index (Phi) is 9.82. The topological polar surface area (TPSA) is 145 Å². The highest BCUT2D eigenvalue weighted by Crippen LogP contribution is 2.40. The maximum absolute atomic E-state index is 14.1. The molecule has 0 spiro atoms. The number of benzene rings is 1. The highest BCUT2D eigenvalue weighted by Gasteiger charge is 2.47. The van der Waals surface area contributed by atoms with Crippen LogP contribution in [0.4, 0.5) is 4.79 Å². The van der Waals surface area contributed by atoms with Crippen LogP contribution in [0.1, 0.15) is 89.7 Å². The molecule has 2 aliphatic carbocycles. The molecule has 4 aliphatic rings. The van der Waals surface area contributed by atoms with Gasteiger partial charge in [0.1, 0.15) is 30.0 Å². The molecule has 11 nitrogen and oxygen atoms in total. The van der Waals surface area contributed by atoms with Crippen LogP contribution in [-0.4, -0.2) is 77.8 Å². The minimum Gasteiger partial charge on any atom is -0.492 e. The largest absolute Gasteiger partial charge is 0.492 e. The molecule has 1 aromatic heterocycles. The highest BCUT2D eigenvalue weighted by molar-refractivity contribution is 5.92. The summed E-state index contributed by atoms with van der Waals surface area (Å²) in [4.78, 5) is 46.2. The number of carbonyl (C=O) groups is 3. The standard InChI is InChI=1S/C36H51N5O6/c1-21-11-14-25-27(17-21)39-33-26(30(25)45-16-8-15-38-23-12-13-23)10-7-5-6-9-22-18-29(22)47-35(44)40-31(36(2,3)4)34(43)41-20-24(46-33)19-28(41)32(37)42/h11,14,17,22-24,28-29,31,38H,5-10,12-13,15-16,18-20H2,1-4H3,(H2,37,42)(H,40,44)/t22?,24-,28+,29-,31-/m1/s1. The Morgan fingerprint density at radius 3 is 2.68 bits per heavy atom. The van der Waals surface area contributed by atoms with Gasteiger partial charge in [-0.3, -0.25) is 9.59 Å². The first-order chi connectivity index (χ1) is 22.5. The number of carbonyl (C=O) groups excluding carboxylic acids is 3. The fourth-order valence-corrected chi connectivity index (χ4v) is 6.90. The van der Waals surface area contributed by atoms with Crippen molar-refractivity contribution in [1.29, 1.82) is 0 Å². The van der Waals surface area contributed by atoms with E-state index in [-0.39, 0.29) is 25.0 Å². The molecule has 1 saturated heterocycles. The Morgan fingerprint density at radius 1 is 1.13 bits per heavy atom. The third-order valence-electron chi connectivity index (χ3n) is 9.88. The fourth-order valence-electron chi connectivity index (χ4n) is 6.90. The summed E-state index contributed by atoms with van der Waals surface area (Å²) in [5.74, 6) is 0.611. The van der Waals surface area contributed by atoms with Crippen molar-refractivity contribution in [3.05, 3.63) is 29.3 Å². The second-order valence-electron chi connectivity index (χ2n) is 15.0. The number of rotatable bonds is 7. The van der Waals surface area contributed by atoms with Crippen LogP contribution in [0, 0.1) is 18.3 Å². The molecule has 4 N–H and O–H groups in total. The second kappa shape index (κ2) is 13.9. The minimum absolute atomic E-state index is 0.135. The maximum atomic E-state index is 14.1. The summed E-state index contributed by atoms with van der Waals surface area (Å²) in [6.07, 6.45) is 7.81. The number of pyridine rings is 1. The number of ether oxygens (including phenoxy) is 3. The molecule has 1 aromatic carbocycles. The Morgan fingerprint density at radius 2 is 1.94 bits per heavy atom. The van der Waals surface area contributed by atoms with E-state index >= 15 is 0 Å². The van der Waals surface area contributed by atoms with E-state index in [2.05, 4.69) is 22.8 Å². The summed E-state index contributed by atoms with van der Waals surface area (Å²) < 4.78 is 19.0. The van der Waals surface area contributed by atoms with E-state index in [0.29, 0.717) is 24.4 Å². The molecule has 256 valence electrons. The first kappa shape index (κ1) is 33.3. The molecule has 2 bridgehead atoms. The summed E-state index contributed by atoms with van der Waals surface area (Å²) in [5.41, 5.74) is 7.99. The zero-order valence-electron chi connectivity index (χ0n) is 28.3. The number of hydrogen-bond acceptors (Lipinski definition) is 8. The molecule has 2 saturated carbocycles. The van der Waals surface area contributed by atoms with Crippen LogP contribution in [0.5, 0.6) is 11.6 Å². The molecule has 2 aliphatic heterocycles. The van der Waals surface area contributed by atoms with Gasteiger partial charge in [-0.15, -0.1) is 0 Å². The van der Waals surface area contributed by atoms with E-state index in [0.717, 1.165) is 79.3 Å². The van der Waals surface area contributed by atoms with Crippen molar-refractivity contribution in [2.45, 2.75) is 122 Å². The average molecular weight is 650 g/mol. The normalized spacial score (nSPS) is 27.1. The predicted octanol–water partition coefficient (Wildman–Crippen LogP) is 4.54.